The van der Waals surface area contributed by atoms with Crippen molar-refractivity contribution in [3.8, 4) is 0 Å². The second-order valence-electron chi connectivity index (χ2n) is 18.8. The van der Waals surface area contributed by atoms with Crippen molar-refractivity contribution in [2.45, 2.75) is 225 Å². The summed E-state index contributed by atoms with van der Waals surface area (Å²) in [6.45, 7) is 3.55. The monoisotopic (exact) mass is 1060 g/mol. The smallest absolute Gasteiger partial charge is 0.462 e. The quantitative estimate of drug-likeness (QED) is 0.0264. The van der Waals surface area contributed by atoms with Gasteiger partial charge >= 0.3 is 19.8 Å². The van der Waals surface area contributed by atoms with Crippen molar-refractivity contribution in [3.05, 3.63) is 146 Å². The number of hydrogen-bond acceptors (Lipinski definition) is 8. The molecule has 0 aromatic rings. The van der Waals surface area contributed by atoms with Crippen LogP contribution in [0.25, 0.3) is 0 Å². The number of nitrogens with two attached hydrogens (primary N) is 1. The van der Waals surface area contributed by atoms with Crippen molar-refractivity contribution >= 4 is 19.8 Å². The van der Waals surface area contributed by atoms with Crippen LogP contribution in [0.5, 0.6) is 0 Å². The summed E-state index contributed by atoms with van der Waals surface area (Å²) in [4.78, 5) is 35.1. The van der Waals surface area contributed by atoms with Crippen LogP contribution in [0.3, 0.4) is 0 Å². The number of carbonyl (C=O) groups is 2. The van der Waals surface area contributed by atoms with Crippen LogP contribution in [0, 0.1) is 0 Å². The first-order chi connectivity index (χ1) is 36.8. The lowest BCUT2D eigenvalue weighted by atomic mass is 10.1. The third-order valence-electron chi connectivity index (χ3n) is 11.7. The molecule has 0 aliphatic rings. The zero-order valence-electron chi connectivity index (χ0n) is 47.2. The van der Waals surface area contributed by atoms with E-state index in [-0.39, 0.29) is 32.6 Å². The summed E-state index contributed by atoms with van der Waals surface area (Å²) in [6.07, 6.45) is 84.8. The van der Waals surface area contributed by atoms with E-state index in [0.717, 1.165) is 128 Å². The molecule has 10 heteroatoms. The fraction of sp³-hybridized carbons (Fsp3) is 0.600. The Morgan fingerprint density at radius 2 is 0.733 bits per heavy atom. The first-order valence-corrected chi connectivity index (χ1v) is 30.8. The van der Waals surface area contributed by atoms with Gasteiger partial charge in [-0.15, -0.1) is 0 Å². The highest BCUT2D eigenvalue weighted by Gasteiger charge is 2.26. The number of phosphoric acid groups is 1. The number of carbonyl (C=O) groups excluding carboxylic acids is 2. The van der Waals surface area contributed by atoms with Crippen LogP contribution >= 0.6 is 7.82 Å². The minimum Gasteiger partial charge on any atom is -0.462 e. The van der Waals surface area contributed by atoms with Crippen LogP contribution < -0.4 is 5.73 Å². The zero-order valence-corrected chi connectivity index (χ0v) is 48.1. The predicted octanol–water partition coefficient (Wildman–Crippen LogP) is 18.7. The van der Waals surface area contributed by atoms with E-state index in [2.05, 4.69) is 160 Å². The minimum atomic E-state index is -4.40. The molecule has 0 bridgehead atoms. The van der Waals surface area contributed by atoms with Crippen LogP contribution in [0.2, 0.25) is 0 Å². The molecule has 3 N–H and O–H groups in total. The minimum absolute atomic E-state index is 0.0428. The second-order valence-corrected chi connectivity index (χ2v) is 20.2. The fourth-order valence-corrected chi connectivity index (χ4v) is 8.16. The van der Waals surface area contributed by atoms with E-state index in [0.29, 0.717) is 12.8 Å². The van der Waals surface area contributed by atoms with Crippen molar-refractivity contribution in [3.63, 3.8) is 0 Å². The van der Waals surface area contributed by atoms with E-state index in [9.17, 15) is 19.0 Å². The van der Waals surface area contributed by atoms with Gasteiger partial charge in [-0.1, -0.05) is 230 Å². The molecule has 0 heterocycles. The molecule has 424 valence electrons. The molecule has 75 heavy (non-hydrogen) atoms. The maximum absolute atomic E-state index is 12.7. The van der Waals surface area contributed by atoms with E-state index in [1.54, 1.807) is 0 Å². The van der Waals surface area contributed by atoms with Crippen molar-refractivity contribution in [2.75, 3.05) is 26.4 Å². The number of ether oxygens (including phenoxy) is 2. The van der Waals surface area contributed by atoms with Gasteiger partial charge in [0.2, 0.25) is 0 Å². The Hall–Kier alpha value is -4.11. The van der Waals surface area contributed by atoms with Crippen molar-refractivity contribution in [1.29, 1.82) is 0 Å². The van der Waals surface area contributed by atoms with Crippen LogP contribution in [0.4, 0.5) is 0 Å². The summed E-state index contributed by atoms with van der Waals surface area (Å²) in [6, 6.07) is 0. The van der Waals surface area contributed by atoms with Crippen molar-refractivity contribution in [2.24, 2.45) is 5.73 Å². The van der Waals surface area contributed by atoms with E-state index in [4.69, 9.17) is 24.3 Å². The number of hydrogen-bond donors (Lipinski definition) is 2. The van der Waals surface area contributed by atoms with Gasteiger partial charge in [0.25, 0.3) is 0 Å². The molecule has 0 saturated carbocycles. The molecule has 0 aromatic carbocycles. The van der Waals surface area contributed by atoms with E-state index in [1.807, 2.05) is 0 Å². The normalized spacial score (nSPS) is 14.1. The Morgan fingerprint density at radius 3 is 1.09 bits per heavy atom. The summed E-state index contributed by atoms with van der Waals surface area (Å²) < 4.78 is 32.9. The van der Waals surface area contributed by atoms with Crippen LogP contribution in [0.1, 0.15) is 219 Å². The average Bonchev–Trinajstić information content (AvgIpc) is 3.40. The van der Waals surface area contributed by atoms with E-state index in [1.165, 1.54) is 51.4 Å². The van der Waals surface area contributed by atoms with Crippen LogP contribution in [0.15, 0.2) is 146 Å². The molecule has 2 unspecified atom stereocenters. The number of allylic oxidation sites excluding steroid dienone is 24. The second kappa shape index (κ2) is 59.1. The third-order valence-corrected chi connectivity index (χ3v) is 12.7. The van der Waals surface area contributed by atoms with Crippen LogP contribution in [-0.4, -0.2) is 49.3 Å². The lowest BCUT2D eigenvalue weighted by Crippen LogP contribution is -2.29. The lowest BCUT2D eigenvalue weighted by molar-refractivity contribution is -0.161. The van der Waals surface area contributed by atoms with Gasteiger partial charge in [-0.2, -0.15) is 0 Å². The lowest BCUT2D eigenvalue weighted by Gasteiger charge is -2.19. The standard InChI is InChI=1S/C65H106NO8P/c1-3-5-7-9-11-13-15-17-19-20-21-22-23-24-25-26-27-28-29-30-31-32-33-34-35-36-37-38-39-40-41-42-44-46-48-50-52-54-56-58-65(68)74-63(62-73-75(69,70)72-60-59-66)61-71-64(67)57-55-53-51-49-47-45-43-18-16-14-12-10-8-6-4-2/h5,7,11-14,17-19,21-22,24-25,27-28,30-31,33-34,36-37,39-40,43,63H,3-4,6,8-10,15-16,20,23,26,29,32,35,38,41-42,44-62,66H2,1-2H3,(H,69,70)/b7-5-,13-11-,14-12-,19-17-,22-21-,25-24-,28-27-,31-30-,34-33-,37-36-,40-39-,43-18-. The first-order valence-electron chi connectivity index (χ1n) is 29.3. The van der Waals surface area contributed by atoms with Gasteiger partial charge in [0.1, 0.15) is 6.61 Å². The van der Waals surface area contributed by atoms with Gasteiger partial charge in [-0.25, -0.2) is 4.57 Å². The maximum atomic E-state index is 12.7. The van der Waals surface area contributed by atoms with Gasteiger partial charge in [0, 0.05) is 19.4 Å². The molecule has 0 radical (unpaired) electrons. The average molecular weight is 1060 g/mol. The zero-order chi connectivity index (χ0) is 54.5. The molecule has 0 fully saturated rings. The molecular formula is C65H106NO8P. The molecule has 0 saturated heterocycles. The van der Waals surface area contributed by atoms with Crippen molar-refractivity contribution < 1.29 is 37.6 Å². The van der Waals surface area contributed by atoms with Gasteiger partial charge in [-0.3, -0.25) is 18.6 Å². The maximum Gasteiger partial charge on any atom is 0.472 e. The summed E-state index contributed by atoms with van der Waals surface area (Å²) in [5.74, 6) is -0.863. The van der Waals surface area contributed by atoms with Gasteiger partial charge in [-0.05, 0) is 122 Å². The van der Waals surface area contributed by atoms with E-state index >= 15 is 0 Å². The van der Waals surface area contributed by atoms with Gasteiger partial charge in [0.15, 0.2) is 6.10 Å². The number of esters is 2. The Morgan fingerprint density at radius 1 is 0.413 bits per heavy atom. The highest BCUT2D eigenvalue weighted by atomic mass is 31.2. The van der Waals surface area contributed by atoms with E-state index < -0.39 is 32.5 Å². The Bertz CT molecular complexity index is 1730. The van der Waals surface area contributed by atoms with Crippen LogP contribution in [-0.2, 0) is 32.7 Å². The Balaban J connectivity index is 4.01. The summed E-state index contributed by atoms with van der Waals surface area (Å²) >= 11 is 0. The number of phosphoric ester groups is 1. The molecule has 0 aliphatic carbocycles. The van der Waals surface area contributed by atoms with Gasteiger partial charge in [0.05, 0.1) is 13.2 Å². The SMILES string of the molecule is CC/C=C\C/C=C\C/C=C\C/C=C\C/C=C\C/C=C\C/C=C\C/C=C\C/C=C\C/C=C\CCCCCCCCCCC(=O)OC(COC(=O)CCCCCCC/C=C\C/C=C\CCCCC)COP(=O)(O)OCCN. The predicted molar refractivity (Wildman–Crippen MR) is 320 cm³/mol. The summed E-state index contributed by atoms with van der Waals surface area (Å²) in [5.41, 5.74) is 5.37. The summed E-state index contributed by atoms with van der Waals surface area (Å²) in [5, 5.41) is 0. The third kappa shape index (κ3) is 59.0. The molecular weight excluding hydrogens is 954 g/mol. The molecule has 0 amide bonds. The molecule has 0 rings (SSSR count). The Labute approximate surface area is 458 Å². The molecule has 9 nitrogen and oxygen atoms in total. The van der Waals surface area contributed by atoms with Crippen molar-refractivity contribution in [1.82, 2.24) is 0 Å². The topological polar surface area (TPSA) is 134 Å². The molecule has 0 aromatic heterocycles. The summed E-state index contributed by atoms with van der Waals surface area (Å²) in [7, 11) is -4.40. The molecule has 0 spiro atoms. The number of unbranched alkanes of at least 4 members (excludes halogenated alkanes) is 16. The van der Waals surface area contributed by atoms with Gasteiger partial charge < -0.3 is 20.1 Å². The Kier molecular flexibility index (Phi) is 55.9. The molecule has 0 aliphatic heterocycles. The highest BCUT2D eigenvalue weighted by Crippen LogP contribution is 2.43. The number of rotatable bonds is 53. The first kappa shape index (κ1) is 70.9. The molecule has 2 atom stereocenters. The highest BCUT2D eigenvalue weighted by molar-refractivity contribution is 7.47. The fourth-order valence-electron chi connectivity index (χ4n) is 7.40. The largest absolute Gasteiger partial charge is 0.472 e.